The van der Waals surface area contributed by atoms with Gasteiger partial charge in [-0.1, -0.05) is 35.4 Å². The quantitative estimate of drug-likeness (QED) is 0.774. The largest absolute Gasteiger partial charge is 0.313 e. The highest BCUT2D eigenvalue weighted by Crippen LogP contribution is 2.23. The smallest absolute Gasteiger partial charge is 0.142 e. The molecular formula is C12H13ClFN. The van der Waals surface area contributed by atoms with Crippen LogP contribution in [0.5, 0.6) is 0 Å². The van der Waals surface area contributed by atoms with Gasteiger partial charge in [0, 0.05) is 6.54 Å². The van der Waals surface area contributed by atoms with Crippen molar-refractivity contribution in [1.29, 1.82) is 0 Å². The second-order valence-corrected chi connectivity index (χ2v) is 4.10. The molecule has 1 aliphatic rings. The molecule has 1 N–H and O–H groups in total. The summed E-state index contributed by atoms with van der Waals surface area (Å²) in [6.45, 7) is 1.95. The van der Waals surface area contributed by atoms with Gasteiger partial charge in [0.1, 0.15) is 5.82 Å². The Morgan fingerprint density at radius 2 is 2.27 bits per heavy atom. The van der Waals surface area contributed by atoms with Gasteiger partial charge in [0.25, 0.3) is 0 Å². The molecule has 0 saturated carbocycles. The highest BCUT2D eigenvalue weighted by Gasteiger charge is 2.07. The van der Waals surface area contributed by atoms with Crippen LogP contribution in [0.25, 0.3) is 6.08 Å². The van der Waals surface area contributed by atoms with Crippen LogP contribution >= 0.6 is 11.6 Å². The van der Waals surface area contributed by atoms with Crippen molar-refractivity contribution in [1.82, 2.24) is 5.32 Å². The summed E-state index contributed by atoms with van der Waals surface area (Å²) in [6, 6.07) is 4.90. The first-order valence-electron chi connectivity index (χ1n) is 5.11. The fraction of sp³-hybridized carbons (Fsp3) is 0.333. The molecule has 1 heterocycles. The summed E-state index contributed by atoms with van der Waals surface area (Å²) in [5.74, 6) is -0.352. The van der Waals surface area contributed by atoms with Crippen LogP contribution in [0.2, 0.25) is 5.02 Å². The molecule has 0 aromatic heterocycles. The van der Waals surface area contributed by atoms with Crippen LogP contribution in [-0.4, -0.2) is 13.1 Å². The Morgan fingerprint density at radius 3 is 3.00 bits per heavy atom. The van der Waals surface area contributed by atoms with Crippen LogP contribution in [0.15, 0.2) is 23.8 Å². The van der Waals surface area contributed by atoms with Crippen molar-refractivity contribution in [3.63, 3.8) is 0 Å². The van der Waals surface area contributed by atoms with E-state index >= 15 is 0 Å². The van der Waals surface area contributed by atoms with Crippen molar-refractivity contribution in [3.8, 4) is 0 Å². The molecule has 2 rings (SSSR count). The normalized spacial score (nSPS) is 19.5. The summed E-state index contributed by atoms with van der Waals surface area (Å²) in [5, 5.41) is 3.50. The lowest BCUT2D eigenvalue weighted by Gasteiger charge is -2.15. The molecule has 80 valence electrons. The molecule has 1 aromatic carbocycles. The summed E-state index contributed by atoms with van der Waals surface area (Å²) in [4.78, 5) is 0. The van der Waals surface area contributed by atoms with E-state index in [4.69, 9.17) is 11.6 Å². The molecule has 0 spiro atoms. The Morgan fingerprint density at radius 1 is 1.40 bits per heavy atom. The van der Waals surface area contributed by atoms with Gasteiger partial charge < -0.3 is 5.32 Å². The van der Waals surface area contributed by atoms with Gasteiger partial charge in [0.05, 0.1) is 5.02 Å². The topological polar surface area (TPSA) is 12.0 Å². The van der Waals surface area contributed by atoms with Crippen molar-refractivity contribution >= 4 is 17.7 Å². The molecular weight excluding hydrogens is 213 g/mol. The first-order valence-corrected chi connectivity index (χ1v) is 5.49. The van der Waals surface area contributed by atoms with Crippen molar-refractivity contribution in [2.24, 2.45) is 0 Å². The van der Waals surface area contributed by atoms with E-state index in [9.17, 15) is 4.39 Å². The standard InChI is InChI=1S/C12H13ClFN/c13-12-10(4-1-5-11(12)14)7-9-3-2-6-15-8-9/h1,4-5,7,15H,2-3,6,8H2/b9-7-. The van der Waals surface area contributed by atoms with Crippen molar-refractivity contribution in [2.45, 2.75) is 12.8 Å². The maximum atomic E-state index is 13.2. The molecule has 0 radical (unpaired) electrons. The predicted molar refractivity (Wildman–Crippen MR) is 61.5 cm³/mol. The van der Waals surface area contributed by atoms with Crippen LogP contribution in [0.1, 0.15) is 18.4 Å². The first-order chi connectivity index (χ1) is 7.27. The molecule has 0 bridgehead atoms. The third-order valence-electron chi connectivity index (χ3n) is 2.54. The maximum Gasteiger partial charge on any atom is 0.142 e. The highest BCUT2D eigenvalue weighted by atomic mass is 35.5. The highest BCUT2D eigenvalue weighted by molar-refractivity contribution is 6.32. The van der Waals surface area contributed by atoms with Crippen LogP contribution in [0, 0.1) is 5.82 Å². The molecule has 1 saturated heterocycles. The second-order valence-electron chi connectivity index (χ2n) is 3.73. The van der Waals surface area contributed by atoms with Crippen LogP contribution < -0.4 is 5.32 Å². The Hall–Kier alpha value is -0.860. The van der Waals surface area contributed by atoms with Crippen LogP contribution in [0.4, 0.5) is 4.39 Å². The van der Waals surface area contributed by atoms with Gasteiger partial charge in [-0.15, -0.1) is 0 Å². The molecule has 0 aliphatic carbocycles. The molecule has 1 fully saturated rings. The van der Waals surface area contributed by atoms with E-state index < -0.39 is 0 Å². The number of rotatable bonds is 1. The van der Waals surface area contributed by atoms with Gasteiger partial charge in [0.2, 0.25) is 0 Å². The van der Waals surface area contributed by atoms with Crippen molar-refractivity contribution in [2.75, 3.05) is 13.1 Å². The molecule has 0 amide bonds. The zero-order chi connectivity index (χ0) is 10.7. The van der Waals surface area contributed by atoms with Gasteiger partial charge in [-0.05, 0) is 31.0 Å². The molecule has 1 nitrogen and oxygen atoms in total. The maximum absolute atomic E-state index is 13.2. The molecule has 1 aromatic rings. The van der Waals surface area contributed by atoms with E-state index in [1.807, 2.05) is 12.1 Å². The van der Waals surface area contributed by atoms with E-state index in [0.29, 0.717) is 0 Å². The van der Waals surface area contributed by atoms with Gasteiger partial charge in [-0.3, -0.25) is 0 Å². The minimum absolute atomic E-state index is 0.218. The van der Waals surface area contributed by atoms with E-state index in [1.54, 1.807) is 6.07 Å². The average molecular weight is 226 g/mol. The fourth-order valence-corrected chi connectivity index (χ4v) is 1.93. The minimum Gasteiger partial charge on any atom is -0.313 e. The third-order valence-corrected chi connectivity index (χ3v) is 2.94. The number of benzene rings is 1. The monoisotopic (exact) mass is 225 g/mol. The number of halogens is 2. The summed E-state index contributed by atoms with van der Waals surface area (Å²) < 4.78 is 13.2. The van der Waals surface area contributed by atoms with Crippen LogP contribution in [-0.2, 0) is 0 Å². The third kappa shape index (κ3) is 2.58. The number of hydrogen-bond acceptors (Lipinski definition) is 1. The summed E-state index contributed by atoms with van der Waals surface area (Å²) in [5.41, 5.74) is 2.06. The minimum atomic E-state index is -0.352. The molecule has 0 unspecified atom stereocenters. The number of piperidine rings is 1. The van der Waals surface area contributed by atoms with Crippen molar-refractivity contribution in [3.05, 3.63) is 40.2 Å². The Balaban J connectivity index is 2.25. The molecule has 3 heteroatoms. The summed E-state index contributed by atoms with van der Waals surface area (Å²) in [7, 11) is 0. The van der Waals surface area contributed by atoms with Crippen LogP contribution in [0.3, 0.4) is 0 Å². The average Bonchev–Trinajstić information content (AvgIpc) is 2.26. The molecule has 15 heavy (non-hydrogen) atoms. The lowest BCUT2D eigenvalue weighted by molar-refractivity contribution is 0.612. The zero-order valence-corrected chi connectivity index (χ0v) is 9.15. The Bertz CT molecular complexity index is 379. The van der Waals surface area contributed by atoms with E-state index in [0.717, 1.165) is 31.5 Å². The van der Waals surface area contributed by atoms with Gasteiger partial charge in [-0.2, -0.15) is 0 Å². The Kier molecular flexibility index (Phi) is 3.39. The fourth-order valence-electron chi connectivity index (χ4n) is 1.75. The van der Waals surface area contributed by atoms with E-state index in [2.05, 4.69) is 5.32 Å². The van der Waals surface area contributed by atoms with Gasteiger partial charge in [-0.25, -0.2) is 4.39 Å². The number of hydrogen-bond donors (Lipinski definition) is 1. The number of nitrogens with one attached hydrogen (secondary N) is 1. The van der Waals surface area contributed by atoms with Gasteiger partial charge in [0.15, 0.2) is 0 Å². The van der Waals surface area contributed by atoms with E-state index in [-0.39, 0.29) is 10.8 Å². The molecule has 0 atom stereocenters. The lowest BCUT2D eigenvalue weighted by Crippen LogP contribution is -2.23. The first kappa shape index (κ1) is 10.7. The van der Waals surface area contributed by atoms with Crippen molar-refractivity contribution < 1.29 is 4.39 Å². The molecule has 1 aliphatic heterocycles. The predicted octanol–water partition coefficient (Wildman–Crippen LogP) is 3.25. The summed E-state index contributed by atoms with van der Waals surface area (Å²) >= 11 is 5.87. The van der Waals surface area contributed by atoms with Gasteiger partial charge >= 0.3 is 0 Å². The Labute approximate surface area is 93.9 Å². The second kappa shape index (κ2) is 4.77. The lowest BCUT2D eigenvalue weighted by atomic mass is 10.0. The van der Waals surface area contributed by atoms with E-state index in [1.165, 1.54) is 11.6 Å². The summed E-state index contributed by atoms with van der Waals surface area (Å²) in [6.07, 6.45) is 4.19. The SMILES string of the molecule is Fc1cccc(/C=C2/CCCNC2)c1Cl. The zero-order valence-electron chi connectivity index (χ0n) is 8.39.